The van der Waals surface area contributed by atoms with Crippen LogP contribution in [0.1, 0.15) is 17.4 Å². The molecule has 0 bridgehead atoms. The highest BCUT2D eigenvalue weighted by Crippen LogP contribution is 2.24. The Morgan fingerprint density at radius 1 is 0.944 bits per heavy atom. The molecule has 0 radical (unpaired) electrons. The first-order chi connectivity index (χ1) is 8.74. The number of fused-ring (bicyclic) bond motifs is 1. The average Bonchev–Trinajstić information content (AvgIpc) is 2.82. The quantitative estimate of drug-likeness (QED) is 0.668. The van der Waals surface area contributed by atoms with Crippen molar-refractivity contribution in [2.75, 3.05) is 0 Å². The van der Waals surface area contributed by atoms with Crippen molar-refractivity contribution < 1.29 is 4.79 Å². The number of aromatic nitrogens is 1. The third-order valence-corrected chi connectivity index (χ3v) is 3.11. The number of ketones is 1. The van der Waals surface area contributed by atoms with Crippen LogP contribution in [0.3, 0.4) is 0 Å². The molecule has 0 unspecified atom stereocenters. The molecule has 0 saturated heterocycles. The predicted octanol–water partition coefficient (Wildman–Crippen LogP) is 4.04. The van der Waals surface area contributed by atoms with Crippen molar-refractivity contribution in [3.05, 3.63) is 60.3 Å². The van der Waals surface area contributed by atoms with Gasteiger partial charge in [-0.3, -0.25) is 4.79 Å². The average molecular weight is 235 g/mol. The largest absolute Gasteiger partial charge is 0.352 e. The van der Waals surface area contributed by atoms with Gasteiger partial charge in [-0.05, 0) is 29.3 Å². The van der Waals surface area contributed by atoms with E-state index in [0.717, 1.165) is 16.5 Å². The van der Waals surface area contributed by atoms with Gasteiger partial charge in [0.1, 0.15) is 0 Å². The number of H-pyrrole nitrogens is 1. The number of carbonyl (C=O) groups is 1. The zero-order valence-electron chi connectivity index (χ0n) is 10.1. The lowest BCUT2D eigenvalue weighted by atomic mass is 10.0. The number of benzene rings is 2. The molecule has 0 aliphatic rings. The third kappa shape index (κ3) is 1.82. The number of hydrogen-bond donors (Lipinski definition) is 1. The van der Waals surface area contributed by atoms with Crippen molar-refractivity contribution in [2.24, 2.45) is 0 Å². The van der Waals surface area contributed by atoms with E-state index in [1.54, 1.807) is 6.92 Å². The van der Waals surface area contributed by atoms with Crippen LogP contribution in [0.5, 0.6) is 0 Å². The van der Waals surface area contributed by atoms with Crippen LogP contribution in [0, 0.1) is 0 Å². The highest BCUT2D eigenvalue weighted by Gasteiger charge is 2.05. The van der Waals surface area contributed by atoms with Crippen molar-refractivity contribution in [3.8, 4) is 11.1 Å². The summed E-state index contributed by atoms with van der Waals surface area (Å²) in [6.07, 6.45) is 0. The van der Waals surface area contributed by atoms with E-state index in [4.69, 9.17) is 0 Å². The fourth-order valence-electron chi connectivity index (χ4n) is 2.13. The summed E-state index contributed by atoms with van der Waals surface area (Å²) >= 11 is 0. The molecule has 0 fully saturated rings. The van der Waals surface area contributed by atoms with E-state index < -0.39 is 0 Å². The molecule has 0 aliphatic heterocycles. The Bertz CT molecular complexity index is 710. The van der Waals surface area contributed by atoms with Gasteiger partial charge in [0.2, 0.25) is 0 Å². The fraction of sp³-hybridized carbons (Fsp3) is 0.0625. The van der Waals surface area contributed by atoms with E-state index in [0.29, 0.717) is 5.69 Å². The zero-order chi connectivity index (χ0) is 12.5. The number of hydrogen-bond acceptors (Lipinski definition) is 1. The number of aromatic amines is 1. The molecular formula is C16H13NO. The Morgan fingerprint density at radius 3 is 2.44 bits per heavy atom. The molecular weight excluding hydrogens is 222 g/mol. The fourth-order valence-corrected chi connectivity index (χ4v) is 2.13. The maximum Gasteiger partial charge on any atom is 0.175 e. The molecule has 1 aromatic heterocycles. The Balaban J connectivity index is 2.14. The predicted molar refractivity (Wildman–Crippen MR) is 73.7 cm³/mol. The summed E-state index contributed by atoms with van der Waals surface area (Å²) in [5, 5.41) is 1.07. The van der Waals surface area contributed by atoms with Crippen molar-refractivity contribution >= 4 is 16.7 Å². The van der Waals surface area contributed by atoms with E-state index in [9.17, 15) is 4.79 Å². The first-order valence-electron chi connectivity index (χ1n) is 5.93. The van der Waals surface area contributed by atoms with Crippen LogP contribution in [-0.2, 0) is 0 Å². The van der Waals surface area contributed by atoms with Crippen LogP contribution in [0.15, 0.2) is 54.6 Å². The van der Waals surface area contributed by atoms with Crippen LogP contribution in [0.25, 0.3) is 22.0 Å². The molecule has 18 heavy (non-hydrogen) atoms. The molecule has 3 aromatic rings. The van der Waals surface area contributed by atoms with E-state index in [1.165, 1.54) is 5.56 Å². The van der Waals surface area contributed by atoms with E-state index >= 15 is 0 Å². The summed E-state index contributed by atoms with van der Waals surface area (Å²) in [7, 11) is 0. The standard InChI is InChI=1S/C16H13NO/c1-11(18)16-10-14-9-13(7-8-15(14)17-16)12-5-3-2-4-6-12/h2-10,17H,1H3. The Labute approximate surface area is 105 Å². The molecule has 0 spiro atoms. The van der Waals surface area contributed by atoms with Crippen molar-refractivity contribution in [2.45, 2.75) is 6.92 Å². The molecule has 3 rings (SSSR count). The third-order valence-electron chi connectivity index (χ3n) is 3.11. The first kappa shape index (κ1) is 10.8. The van der Waals surface area contributed by atoms with Crippen molar-refractivity contribution in [1.82, 2.24) is 4.98 Å². The van der Waals surface area contributed by atoms with Crippen molar-refractivity contribution in [1.29, 1.82) is 0 Å². The maximum absolute atomic E-state index is 11.3. The summed E-state index contributed by atoms with van der Waals surface area (Å²) in [5.41, 5.74) is 4.01. The SMILES string of the molecule is CC(=O)c1cc2cc(-c3ccccc3)ccc2[nH]1. The second kappa shape index (κ2) is 4.15. The Kier molecular flexibility index (Phi) is 2.49. The number of rotatable bonds is 2. The summed E-state index contributed by atoms with van der Waals surface area (Å²) in [5.74, 6) is 0.0625. The Hall–Kier alpha value is -2.35. The molecule has 2 heteroatoms. The number of carbonyl (C=O) groups excluding carboxylic acids is 1. The van der Waals surface area contributed by atoms with Gasteiger partial charge in [-0.15, -0.1) is 0 Å². The Morgan fingerprint density at radius 2 is 1.72 bits per heavy atom. The summed E-state index contributed by atoms with van der Waals surface area (Å²) in [6.45, 7) is 1.57. The molecule has 0 saturated carbocycles. The van der Waals surface area contributed by atoms with Gasteiger partial charge in [-0.2, -0.15) is 0 Å². The van der Waals surface area contributed by atoms with Crippen LogP contribution in [0.2, 0.25) is 0 Å². The molecule has 0 aliphatic carbocycles. The van der Waals surface area contributed by atoms with Crippen LogP contribution < -0.4 is 0 Å². The van der Waals surface area contributed by atoms with Gasteiger partial charge in [0.05, 0.1) is 5.69 Å². The molecule has 1 heterocycles. The molecule has 2 nitrogen and oxygen atoms in total. The second-order valence-electron chi connectivity index (χ2n) is 4.41. The maximum atomic E-state index is 11.3. The lowest BCUT2D eigenvalue weighted by Gasteiger charge is -2.00. The van der Waals surface area contributed by atoms with Gasteiger partial charge in [0, 0.05) is 17.8 Å². The van der Waals surface area contributed by atoms with Crippen LogP contribution >= 0.6 is 0 Å². The minimum absolute atomic E-state index is 0.0625. The van der Waals surface area contributed by atoms with Gasteiger partial charge >= 0.3 is 0 Å². The zero-order valence-corrected chi connectivity index (χ0v) is 10.1. The van der Waals surface area contributed by atoms with E-state index in [1.807, 2.05) is 30.3 Å². The van der Waals surface area contributed by atoms with E-state index in [2.05, 4.69) is 29.2 Å². The minimum atomic E-state index is 0.0625. The molecule has 1 N–H and O–H groups in total. The van der Waals surface area contributed by atoms with Gasteiger partial charge in [0.15, 0.2) is 5.78 Å². The van der Waals surface area contributed by atoms with Crippen molar-refractivity contribution in [3.63, 3.8) is 0 Å². The smallest absolute Gasteiger partial charge is 0.175 e. The summed E-state index contributed by atoms with van der Waals surface area (Å²) in [6, 6.07) is 18.3. The minimum Gasteiger partial charge on any atom is -0.352 e. The monoisotopic (exact) mass is 235 g/mol. The molecule has 0 amide bonds. The van der Waals surface area contributed by atoms with Crippen LogP contribution in [0.4, 0.5) is 0 Å². The topological polar surface area (TPSA) is 32.9 Å². The number of Topliss-reactive ketones (excluding diaryl/α,β-unsaturated/α-hetero) is 1. The first-order valence-corrected chi connectivity index (χ1v) is 5.93. The second-order valence-corrected chi connectivity index (χ2v) is 4.41. The highest BCUT2D eigenvalue weighted by molar-refractivity contribution is 5.98. The van der Waals surface area contributed by atoms with Gasteiger partial charge in [0.25, 0.3) is 0 Å². The number of nitrogens with one attached hydrogen (secondary N) is 1. The summed E-state index contributed by atoms with van der Waals surface area (Å²) in [4.78, 5) is 14.5. The van der Waals surface area contributed by atoms with Gasteiger partial charge in [-0.25, -0.2) is 0 Å². The highest BCUT2D eigenvalue weighted by atomic mass is 16.1. The lowest BCUT2D eigenvalue weighted by molar-refractivity contribution is 0.101. The normalized spacial score (nSPS) is 10.7. The van der Waals surface area contributed by atoms with E-state index in [-0.39, 0.29) is 5.78 Å². The van der Waals surface area contributed by atoms with Crippen LogP contribution in [-0.4, -0.2) is 10.8 Å². The molecule has 2 aromatic carbocycles. The lowest BCUT2D eigenvalue weighted by Crippen LogP contribution is -1.89. The van der Waals surface area contributed by atoms with Gasteiger partial charge in [-0.1, -0.05) is 36.4 Å². The van der Waals surface area contributed by atoms with Gasteiger partial charge < -0.3 is 4.98 Å². The summed E-state index contributed by atoms with van der Waals surface area (Å²) < 4.78 is 0. The molecule has 88 valence electrons. The molecule has 0 atom stereocenters.